The maximum absolute atomic E-state index is 5.08. The molecule has 7 aromatic rings. The van der Waals surface area contributed by atoms with E-state index in [1.807, 2.05) is 12.1 Å². The molecule has 0 saturated heterocycles. The van der Waals surface area contributed by atoms with E-state index in [1.54, 1.807) is 11.3 Å². The van der Waals surface area contributed by atoms with Crippen molar-refractivity contribution < 1.29 is 0 Å². The van der Waals surface area contributed by atoms with Crippen LogP contribution in [0.1, 0.15) is 0 Å². The van der Waals surface area contributed by atoms with E-state index in [0.717, 1.165) is 32.9 Å². The predicted molar refractivity (Wildman–Crippen MR) is 157 cm³/mol. The molecule has 0 unspecified atom stereocenters. The highest BCUT2D eigenvalue weighted by molar-refractivity contribution is 7.26. The van der Waals surface area contributed by atoms with Gasteiger partial charge in [-0.1, -0.05) is 127 Å². The minimum absolute atomic E-state index is 0.751. The SMILES string of the molecule is c1ccc(-c2ccc(-c3ccc(-c4nc(-c5ccccc5)c5sc6ccccc6c5n4)cc3)cc2)cc1. The van der Waals surface area contributed by atoms with Gasteiger partial charge in [0.15, 0.2) is 5.82 Å². The van der Waals surface area contributed by atoms with Gasteiger partial charge in [0.2, 0.25) is 0 Å². The quantitative estimate of drug-likeness (QED) is 0.245. The lowest BCUT2D eigenvalue weighted by Crippen LogP contribution is -1.93. The van der Waals surface area contributed by atoms with Crippen molar-refractivity contribution in [2.24, 2.45) is 0 Å². The minimum atomic E-state index is 0.751. The summed E-state index contributed by atoms with van der Waals surface area (Å²) in [6, 6.07) is 46.7. The van der Waals surface area contributed by atoms with Crippen LogP contribution in [0.2, 0.25) is 0 Å². The molecular weight excluding hydrogens is 468 g/mol. The van der Waals surface area contributed by atoms with Crippen LogP contribution in [-0.2, 0) is 0 Å². The van der Waals surface area contributed by atoms with Crippen LogP contribution in [0.25, 0.3) is 65.2 Å². The topological polar surface area (TPSA) is 25.8 Å². The van der Waals surface area contributed by atoms with E-state index < -0.39 is 0 Å². The van der Waals surface area contributed by atoms with E-state index in [9.17, 15) is 0 Å². The molecule has 2 nitrogen and oxygen atoms in total. The second kappa shape index (κ2) is 9.12. The molecule has 174 valence electrons. The zero-order valence-corrected chi connectivity index (χ0v) is 20.8. The number of fused-ring (bicyclic) bond motifs is 3. The standard InChI is InChI=1S/C34H22N2S/c1-3-9-23(10-4-1)24-15-17-25(18-16-24)26-19-21-28(22-20-26)34-35-31(27-11-5-2-6-12-27)33-32(36-34)29-13-7-8-14-30(29)37-33/h1-22H. The molecule has 3 heteroatoms. The molecule has 5 aromatic carbocycles. The average Bonchev–Trinajstić information content (AvgIpc) is 3.36. The van der Waals surface area contributed by atoms with Gasteiger partial charge in [0, 0.05) is 21.2 Å². The molecule has 0 atom stereocenters. The third-order valence-electron chi connectivity index (χ3n) is 6.74. The van der Waals surface area contributed by atoms with Gasteiger partial charge in [-0.15, -0.1) is 11.3 Å². The number of benzene rings is 5. The van der Waals surface area contributed by atoms with E-state index in [1.165, 1.54) is 32.3 Å². The maximum atomic E-state index is 5.08. The Morgan fingerprint density at radius 3 is 1.51 bits per heavy atom. The number of hydrogen-bond acceptors (Lipinski definition) is 3. The van der Waals surface area contributed by atoms with Crippen molar-refractivity contribution in [3.8, 4) is 44.9 Å². The Bertz CT molecular complexity index is 1840. The van der Waals surface area contributed by atoms with Crippen LogP contribution in [0.3, 0.4) is 0 Å². The second-order valence-electron chi connectivity index (χ2n) is 9.06. The van der Waals surface area contributed by atoms with Crippen molar-refractivity contribution in [2.75, 3.05) is 0 Å². The molecule has 0 spiro atoms. The number of rotatable bonds is 4. The Kier molecular flexibility index (Phi) is 5.34. The molecule has 0 aliphatic rings. The van der Waals surface area contributed by atoms with Crippen molar-refractivity contribution in [1.29, 1.82) is 0 Å². The Hall–Kier alpha value is -4.60. The summed E-state index contributed by atoms with van der Waals surface area (Å²) in [6.45, 7) is 0. The van der Waals surface area contributed by atoms with E-state index in [0.29, 0.717) is 0 Å². The largest absolute Gasteiger partial charge is 0.226 e. The van der Waals surface area contributed by atoms with Crippen LogP contribution < -0.4 is 0 Å². The van der Waals surface area contributed by atoms with Gasteiger partial charge in [0.1, 0.15) is 0 Å². The Morgan fingerprint density at radius 1 is 0.405 bits per heavy atom. The lowest BCUT2D eigenvalue weighted by atomic mass is 9.99. The van der Waals surface area contributed by atoms with E-state index in [-0.39, 0.29) is 0 Å². The summed E-state index contributed by atoms with van der Waals surface area (Å²) in [5, 5.41) is 1.18. The summed E-state index contributed by atoms with van der Waals surface area (Å²) < 4.78 is 2.36. The van der Waals surface area contributed by atoms with Crippen LogP contribution in [0.4, 0.5) is 0 Å². The summed E-state index contributed by atoms with van der Waals surface area (Å²) >= 11 is 1.76. The smallest absolute Gasteiger partial charge is 0.160 e. The molecule has 37 heavy (non-hydrogen) atoms. The summed E-state index contributed by atoms with van der Waals surface area (Å²) in [7, 11) is 0. The lowest BCUT2D eigenvalue weighted by Gasteiger charge is -2.09. The molecule has 0 bridgehead atoms. The van der Waals surface area contributed by atoms with Gasteiger partial charge < -0.3 is 0 Å². The minimum Gasteiger partial charge on any atom is -0.226 e. The molecule has 2 aromatic heterocycles. The maximum Gasteiger partial charge on any atom is 0.160 e. The molecule has 7 rings (SSSR count). The molecule has 0 N–H and O–H groups in total. The van der Waals surface area contributed by atoms with Crippen LogP contribution in [-0.4, -0.2) is 9.97 Å². The summed E-state index contributed by atoms with van der Waals surface area (Å²) in [6.07, 6.45) is 0. The summed E-state index contributed by atoms with van der Waals surface area (Å²) in [5.74, 6) is 0.751. The zero-order valence-electron chi connectivity index (χ0n) is 20.0. The first-order valence-corrected chi connectivity index (χ1v) is 13.2. The number of aromatic nitrogens is 2. The van der Waals surface area contributed by atoms with Crippen molar-refractivity contribution >= 4 is 31.6 Å². The average molecular weight is 491 g/mol. The third kappa shape index (κ3) is 4.00. The van der Waals surface area contributed by atoms with Gasteiger partial charge in [-0.3, -0.25) is 0 Å². The van der Waals surface area contributed by atoms with Crippen molar-refractivity contribution in [3.05, 3.63) is 133 Å². The normalized spacial score (nSPS) is 11.2. The van der Waals surface area contributed by atoms with Gasteiger partial charge in [-0.2, -0.15) is 0 Å². The lowest BCUT2D eigenvalue weighted by molar-refractivity contribution is 1.24. The molecule has 2 heterocycles. The summed E-state index contributed by atoms with van der Waals surface area (Å²) in [5.41, 5.74) is 8.94. The molecule has 0 radical (unpaired) electrons. The first kappa shape index (κ1) is 21.7. The first-order valence-electron chi connectivity index (χ1n) is 12.3. The fourth-order valence-electron chi connectivity index (χ4n) is 4.81. The van der Waals surface area contributed by atoms with E-state index >= 15 is 0 Å². The van der Waals surface area contributed by atoms with Gasteiger partial charge in [0.25, 0.3) is 0 Å². The van der Waals surface area contributed by atoms with Crippen LogP contribution in [0.5, 0.6) is 0 Å². The molecule has 0 aliphatic carbocycles. The highest BCUT2D eigenvalue weighted by Crippen LogP contribution is 2.39. The Labute approximate surface area is 219 Å². The fourth-order valence-corrected chi connectivity index (χ4v) is 5.96. The monoisotopic (exact) mass is 490 g/mol. The molecule has 0 amide bonds. The van der Waals surface area contributed by atoms with Crippen LogP contribution >= 0.6 is 11.3 Å². The van der Waals surface area contributed by atoms with Crippen LogP contribution in [0.15, 0.2) is 133 Å². The number of hydrogen-bond donors (Lipinski definition) is 0. The van der Waals surface area contributed by atoms with E-state index in [4.69, 9.17) is 9.97 Å². The predicted octanol–water partition coefficient (Wildman–Crippen LogP) is 9.51. The van der Waals surface area contributed by atoms with Gasteiger partial charge >= 0.3 is 0 Å². The van der Waals surface area contributed by atoms with Crippen LogP contribution in [0, 0.1) is 0 Å². The van der Waals surface area contributed by atoms with Gasteiger partial charge in [-0.25, -0.2) is 9.97 Å². The second-order valence-corrected chi connectivity index (χ2v) is 10.1. The zero-order chi connectivity index (χ0) is 24.6. The molecular formula is C34H22N2S. The third-order valence-corrected chi connectivity index (χ3v) is 7.90. The molecule has 0 saturated carbocycles. The molecule has 0 fully saturated rings. The Balaban J connectivity index is 1.29. The van der Waals surface area contributed by atoms with E-state index in [2.05, 4.69) is 121 Å². The van der Waals surface area contributed by atoms with Crippen molar-refractivity contribution in [3.63, 3.8) is 0 Å². The number of nitrogens with zero attached hydrogens (tertiary/aromatic N) is 2. The van der Waals surface area contributed by atoms with Crippen molar-refractivity contribution in [1.82, 2.24) is 9.97 Å². The first-order chi connectivity index (χ1) is 18.3. The Morgan fingerprint density at radius 2 is 0.892 bits per heavy atom. The molecule has 0 aliphatic heterocycles. The fraction of sp³-hybridized carbons (Fsp3) is 0. The van der Waals surface area contributed by atoms with Gasteiger partial charge in [0.05, 0.1) is 15.9 Å². The van der Waals surface area contributed by atoms with Gasteiger partial charge in [-0.05, 0) is 28.3 Å². The summed E-state index contributed by atoms with van der Waals surface area (Å²) in [4.78, 5) is 10.2. The highest BCUT2D eigenvalue weighted by atomic mass is 32.1. The number of thiophene rings is 1. The van der Waals surface area contributed by atoms with Crippen molar-refractivity contribution in [2.45, 2.75) is 0 Å². The highest BCUT2D eigenvalue weighted by Gasteiger charge is 2.16.